The van der Waals surface area contributed by atoms with E-state index in [1.807, 2.05) is 64.5 Å². The zero-order valence-corrected chi connectivity index (χ0v) is 19.0. The summed E-state index contributed by atoms with van der Waals surface area (Å²) >= 11 is 0. The summed E-state index contributed by atoms with van der Waals surface area (Å²) in [5, 5.41) is 8.17. The van der Waals surface area contributed by atoms with Gasteiger partial charge in [-0.2, -0.15) is 5.10 Å². The van der Waals surface area contributed by atoms with Gasteiger partial charge in [0.2, 0.25) is 5.91 Å². The molecule has 3 heterocycles. The topological polar surface area (TPSA) is 89.4 Å². The fourth-order valence-corrected chi connectivity index (χ4v) is 3.84. The van der Waals surface area contributed by atoms with Gasteiger partial charge in [-0.3, -0.25) is 14.5 Å². The molecular weight excluding hydrogens is 406 g/mol. The molecule has 8 nitrogen and oxygen atoms in total. The highest BCUT2D eigenvalue weighted by Crippen LogP contribution is 2.26. The first kappa shape index (κ1) is 21.8. The van der Waals surface area contributed by atoms with Gasteiger partial charge >= 0.3 is 6.09 Å². The Morgan fingerprint density at radius 1 is 1.09 bits per heavy atom. The highest BCUT2D eigenvalue weighted by atomic mass is 16.6. The number of aromatic nitrogens is 3. The number of aryl methyl sites for hydroxylation is 1. The lowest BCUT2D eigenvalue weighted by atomic mass is 9.96. The molecule has 1 N–H and O–H groups in total. The van der Waals surface area contributed by atoms with Gasteiger partial charge in [0.15, 0.2) is 0 Å². The van der Waals surface area contributed by atoms with Crippen molar-refractivity contribution in [3.8, 4) is 11.1 Å². The van der Waals surface area contributed by atoms with E-state index in [2.05, 4.69) is 15.4 Å². The molecule has 1 aromatic carbocycles. The third-order valence-corrected chi connectivity index (χ3v) is 5.50. The molecule has 0 aliphatic carbocycles. The molecule has 1 saturated heterocycles. The normalized spacial score (nSPS) is 15.1. The fourth-order valence-electron chi connectivity index (χ4n) is 3.84. The van der Waals surface area contributed by atoms with E-state index in [-0.39, 0.29) is 17.9 Å². The molecule has 32 heavy (non-hydrogen) atoms. The van der Waals surface area contributed by atoms with E-state index in [1.54, 1.807) is 15.8 Å². The number of piperidine rings is 1. The monoisotopic (exact) mass is 435 g/mol. The average molecular weight is 436 g/mol. The molecule has 0 bridgehead atoms. The largest absolute Gasteiger partial charge is 0.444 e. The van der Waals surface area contributed by atoms with Crippen LogP contribution in [-0.4, -0.2) is 50.4 Å². The molecule has 2 amide bonds. The maximum atomic E-state index is 12.8. The Hall–Kier alpha value is -3.42. The van der Waals surface area contributed by atoms with Crippen LogP contribution in [0.15, 0.2) is 42.9 Å². The zero-order chi connectivity index (χ0) is 22.9. The third-order valence-electron chi connectivity index (χ3n) is 5.50. The van der Waals surface area contributed by atoms with E-state index in [1.165, 1.54) is 0 Å². The minimum absolute atomic E-state index is 0.0431. The molecular formula is C24H29N5O3. The van der Waals surface area contributed by atoms with Gasteiger partial charge < -0.3 is 15.0 Å². The van der Waals surface area contributed by atoms with Crippen molar-refractivity contribution in [1.82, 2.24) is 19.7 Å². The fraction of sp³-hybridized carbons (Fsp3) is 0.417. The van der Waals surface area contributed by atoms with Crippen LogP contribution in [0.2, 0.25) is 0 Å². The van der Waals surface area contributed by atoms with Crippen LogP contribution in [0.25, 0.3) is 22.0 Å². The second kappa shape index (κ2) is 8.61. The van der Waals surface area contributed by atoms with Gasteiger partial charge in [-0.25, -0.2) is 4.79 Å². The Kier molecular flexibility index (Phi) is 5.86. The first-order chi connectivity index (χ1) is 15.2. The van der Waals surface area contributed by atoms with E-state index in [9.17, 15) is 9.59 Å². The van der Waals surface area contributed by atoms with E-state index in [4.69, 9.17) is 4.74 Å². The number of rotatable bonds is 3. The summed E-state index contributed by atoms with van der Waals surface area (Å²) in [5.74, 6) is -0.190. The summed E-state index contributed by atoms with van der Waals surface area (Å²) in [5.41, 5.74) is 3.08. The number of carbonyl (C=O) groups is 2. The average Bonchev–Trinajstić information content (AvgIpc) is 3.18. The molecule has 3 aromatic rings. The molecule has 0 saturated carbocycles. The number of anilines is 1. The van der Waals surface area contributed by atoms with Gasteiger partial charge in [0.1, 0.15) is 5.60 Å². The maximum absolute atomic E-state index is 12.8. The van der Waals surface area contributed by atoms with Gasteiger partial charge in [-0.1, -0.05) is 6.07 Å². The Balaban J connectivity index is 1.40. The van der Waals surface area contributed by atoms with Crippen molar-refractivity contribution in [2.24, 2.45) is 13.0 Å². The van der Waals surface area contributed by atoms with Gasteiger partial charge in [0.25, 0.3) is 0 Å². The quantitative estimate of drug-likeness (QED) is 0.665. The molecule has 1 fully saturated rings. The summed E-state index contributed by atoms with van der Waals surface area (Å²) < 4.78 is 7.19. The number of hydrogen-bond donors (Lipinski definition) is 1. The van der Waals surface area contributed by atoms with Crippen molar-refractivity contribution in [1.29, 1.82) is 0 Å². The lowest BCUT2D eigenvalue weighted by molar-refractivity contribution is -0.121. The number of hydrogen-bond acceptors (Lipinski definition) is 5. The molecule has 0 spiro atoms. The van der Waals surface area contributed by atoms with Crippen LogP contribution >= 0.6 is 0 Å². The molecule has 0 atom stereocenters. The minimum Gasteiger partial charge on any atom is -0.444 e. The predicted molar refractivity (Wildman–Crippen MR) is 123 cm³/mol. The second-order valence-corrected chi connectivity index (χ2v) is 9.27. The van der Waals surface area contributed by atoms with E-state index >= 15 is 0 Å². The van der Waals surface area contributed by atoms with Crippen molar-refractivity contribution in [3.63, 3.8) is 0 Å². The molecule has 1 aliphatic heterocycles. The van der Waals surface area contributed by atoms with Crippen molar-refractivity contribution in [2.45, 2.75) is 39.2 Å². The SMILES string of the molecule is Cn1cc(-c2ccc3ncc(NC(=O)C4CCN(C(=O)OC(C)(C)C)CC4)cc3c2)cn1. The third kappa shape index (κ3) is 5.07. The Morgan fingerprint density at radius 3 is 2.50 bits per heavy atom. The maximum Gasteiger partial charge on any atom is 0.410 e. The van der Waals surface area contributed by atoms with Crippen LogP contribution in [0.1, 0.15) is 33.6 Å². The molecule has 168 valence electrons. The molecule has 8 heteroatoms. The summed E-state index contributed by atoms with van der Waals surface area (Å²) in [4.78, 5) is 31.2. The van der Waals surface area contributed by atoms with Gasteiger partial charge in [0.05, 0.1) is 23.6 Å². The molecule has 2 aromatic heterocycles. The number of nitrogens with one attached hydrogen (secondary N) is 1. The van der Waals surface area contributed by atoms with Crippen LogP contribution < -0.4 is 5.32 Å². The van der Waals surface area contributed by atoms with Crippen molar-refractivity contribution >= 4 is 28.6 Å². The lowest BCUT2D eigenvalue weighted by Gasteiger charge is -2.32. The van der Waals surface area contributed by atoms with E-state index in [0.29, 0.717) is 31.6 Å². The summed E-state index contributed by atoms with van der Waals surface area (Å²) in [6.45, 7) is 6.57. The number of pyridine rings is 1. The number of nitrogens with zero attached hydrogens (tertiary/aromatic N) is 4. The molecule has 4 rings (SSSR count). The number of ether oxygens (including phenoxy) is 1. The standard InChI is InChI=1S/C24H29N5O3/c1-24(2,3)32-23(31)29-9-7-16(8-10-29)22(30)27-20-12-18-11-17(5-6-21(18)25-14-20)19-13-26-28(4)15-19/h5-6,11-16H,7-10H2,1-4H3,(H,27,30). The minimum atomic E-state index is -0.523. The zero-order valence-electron chi connectivity index (χ0n) is 19.0. The predicted octanol–water partition coefficient (Wildman–Crippen LogP) is 4.22. The number of amides is 2. The van der Waals surface area contributed by atoms with Crippen molar-refractivity contribution in [2.75, 3.05) is 18.4 Å². The van der Waals surface area contributed by atoms with Gasteiger partial charge in [0, 0.05) is 43.2 Å². The summed E-state index contributed by atoms with van der Waals surface area (Å²) in [6, 6.07) is 7.98. The smallest absolute Gasteiger partial charge is 0.410 e. The van der Waals surface area contributed by atoms with Crippen LogP contribution in [-0.2, 0) is 16.6 Å². The second-order valence-electron chi connectivity index (χ2n) is 9.27. The Morgan fingerprint density at radius 2 is 1.84 bits per heavy atom. The number of likely N-dealkylation sites (tertiary alicyclic amines) is 1. The van der Waals surface area contributed by atoms with E-state index < -0.39 is 5.60 Å². The van der Waals surface area contributed by atoms with Crippen LogP contribution in [0.4, 0.5) is 10.5 Å². The number of benzene rings is 1. The summed E-state index contributed by atoms with van der Waals surface area (Å²) in [6.07, 6.45) is 6.36. The first-order valence-electron chi connectivity index (χ1n) is 10.9. The lowest BCUT2D eigenvalue weighted by Crippen LogP contribution is -2.43. The molecule has 0 radical (unpaired) electrons. The van der Waals surface area contributed by atoms with Gasteiger partial charge in [-0.05, 0) is 57.4 Å². The molecule has 1 aliphatic rings. The van der Waals surface area contributed by atoms with Crippen molar-refractivity contribution in [3.05, 3.63) is 42.9 Å². The Bertz CT molecular complexity index is 1140. The van der Waals surface area contributed by atoms with Crippen LogP contribution in [0, 0.1) is 5.92 Å². The number of fused-ring (bicyclic) bond motifs is 1. The van der Waals surface area contributed by atoms with Crippen molar-refractivity contribution < 1.29 is 14.3 Å². The first-order valence-corrected chi connectivity index (χ1v) is 10.9. The van der Waals surface area contributed by atoms with Gasteiger partial charge in [-0.15, -0.1) is 0 Å². The number of carbonyl (C=O) groups excluding carboxylic acids is 2. The van der Waals surface area contributed by atoms with Crippen LogP contribution in [0.3, 0.4) is 0 Å². The molecule has 0 unspecified atom stereocenters. The van der Waals surface area contributed by atoms with E-state index in [0.717, 1.165) is 22.0 Å². The van der Waals surface area contributed by atoms with Crippen LogP contribution in [0.5, 0.6) is 0 Å². The highest BCUT2D eigenvalue weighted by Gasteiger charge is 2.30. The highest BCUT2D eigenvalue weighted by molar-refractivity contribution is 5.95. The Labute approximate surface area is 187 Å². The summed E-state index contributed by atoms with van der Waals surface area (Å²) in [7, 11) is 1.89.